The van der Waals surface area contributed by atoms with E-state index in [2.05, 4.69) is 0 Å². The van der Waals surface area contributed by atoms with Crippen molar-refractivity contribution in [2.24, 2.45) is 5.84 Å². The molecule has 1 aliphatic heterocycles. The first kappa shape index (κ1) is 23.1. The van der Waals surface area contributed by atoms with Gasteiger partial charge in [0.05, 0.1) is 18.0 Å². The van der Waals surface area contributed by atoms with Crippen molar-refractivity contribution < 1.29 is 24.0 Å². The molecule has 0 aromatic heterocycles. The average molecular weight is 421 g/mol. The summed E-state index contributed by atoms with van der Waals surface area (Å²) in [4.78, 5) is 49.3. The molecule has 11 heteroatoms. The molecule has 0 saturated carbocycles. The second kappa shape index (κ2) is 11.1. The van der Waals surface area contributed by atoms with Crippen LogP contribution in [0.15, 0.2) is 18.2 Å². The number of aryl methyl sites for hydroxylation is 1. The van der Waals surface area contributed by atoms with Gasteiger partial charge in [-0.25, -0.2) is 5.84 Å². The van der Waals surface area contributed by atoms with E-state index in [1.807, 2.05) is 5.43 Å². The van der Waals surface area contributed by atoms with Crippen LogP contribution in [0.1, 0.15) is 31.2 Å². The first-order valence-electron chi connectivity index (χ1n) is 9.74. The van der Waals surface area contributed by atoms with Gasteiger partial charge < -0.3 is 14.5 Å². The highest BCUT2D eigenvalue weighted by atomic mass is 16.6. The molecule has 164 valence electrons. The Bertz CT molecular complexity index is 792. The number of hydrogen-bond donors (Lipinski definition) is 2. The van der Waals surface area contributed by atoms with E-state index in [1.54, 1.807) is 16.7 Å². The van der Waals surface area contributed by atoms with Crippen molar-refractivity contribution in [3.63, 3.8) is 0 Å². The molecule has 3 N–H and O–H groups in total. The van der Waals surface area contributed by atoms with Gasteiger partial charge in [0.25, 0.3) is 5.69 Å². The monoisotopic (exact) mass is 421 g/mol. The Labute approximate surface area is 174 Å². The van der Waals surface area contributed by atoms with E-state index in [-0.39, 0.29) is 49.3 Å². The molecule has 3 amide bonds. The zero-order chi connectivity index (χ0) is 22.1. The number of ether oxygens (including phenoxy) is 1. The summed E-state index contributed by atoms with van der Waals surface area (Å²) in [6, 6.07) is 4.32. The van der Waals surface area contributed by atoms with E-state index in [0.717, 1.165) is 0 Å². The fraction of sp³-hybridized carbons (Fsp3) is 0.526. The largest absolute Gasteiger partial charge is 0.493 e. The number of piperazine rings is 1. The third-order valence-corrected chi connectivity index (χ3v) is 4.88. The lowest BCUT2D eigenvalue weighted by Gasteiger charge is -2.35. The maximum absolute atomic E-state index is 12.4. The van der Waals surface area contributed by atoms with Crippen molar-refractivity contribution >= 4 is 23.4 Å². The van der Waals surface area contributed by atoms with E-state index in [9.17, 15) is 24.5 Å². The van der Waals surface area contributed by atoms with Crippen LogP contribution in [0.2, 0.25) is 0 Å². The first-order valence-corrected chi connectivity index (χ1v) is 9.74. The standard InChI is InChI=1S/C19H27N5O6/c1-14-13-15(24(28)29)5-6-16(14)30-12-7-19(27)23-10-8-22(9-11-23)18(26)4-2-3-17(25)21-20/h5-6,13H,2-4,7-12,20H2,1H3,(H,21,25). The van der Waals surface area contributed by atoms with Crippen LogP contribution in [-0.2, 0) is 14.4 Å². The van der Waals surface area contributed by atoms with Gasteiger partial charge in [-0.3, -0.25) is 29.9 Å². The van der Waals surface area contributed by atoms with Crippen LogP contribution in [0.5, 0.6) is 5.75 Å². The molecule has 1 fully saturated rings. The quantitative estimate of drug-likeness (QED) is 0.255. The summed E-state index contributed by atoms with van der Waals surface area (Å²) in [5.74, 6) is 5.10. The van der Waals surface area contributed by atoms with Gasteiger partial charge in [-0.05, 0) is 25.0 Å². The minimum absolute atomic E-state index is 0.00834. The van der Waals surface area contributed by atoms with Crippen LogP contribution < -0.4 is 16.0 Å². The van der Waals surface area contributed by atoms with Crippen LogP contribution in [0.3, 0.4) is 0 Å². The second-order valence-corrected chi connectivity index (χ2v) is 6.99. The smallest absolute Gasteiger partial charge is 0.269 e. The molecule has 2 rings (SSSR count). The Morgan fingerprint density at radius 3 is 2.23 bits per heavy atom. The van der Waals surface area contributed by atoms with Gasteiger partial charge in [0.1, 0.15) is 5.75 Å². The number of rotatable bonds is 9. The number of non-ortho nitro benzene ring substituents is 1. The summed E-state index contributed by atoms with van der Waals surface area (Å²) >= 11 is 0. The summed E-state index contributed by atoms with van der Waals surface area (Å²) in [6.07, 6.45) is 1.08. The van der Waals surface area contributed by atoms with Crippen molar-refractivity contribution in [2.45, 2.75) is 32.6 Å². The number of nitrogens with two attached hydrogens (primary N) is 1. The van der Waals surface area contributed by atoms with E-state index < -0.39 is 4.92 Å². The summed E-state index contributed by atoms with van der Waals surface area (Å²) in [6.45, 7) is 3.68. The van der Waals surface area contributed by atoms with Gasteiger partial charge >= 0.3 is 0 Å². The molecule has 0 spiro atoms. The van der Waals surface area contributed by atoms with Crippen LogP contribution in [0.25, 0.3) is 0 Å². The third kappa shape index (κ3) is 6.69. The van der Waals surface area contributed by atoms with E-state index in [4.69, 9.17) is 10.6 Å². The van der Waals surface area contributed by atoms with Crippen molar-refractivity contribution in [3.05, 3.63) is 33.9 Å². The van der Waals surface area contributed by atoms with E-state index >= 15 is 0 Å². The number of nitro benzene ring substituents is 1. The molecule has 1 saturated heterocycles. The highest BCUT2D eigenvalue weighted by molar-refractivity contribution is 5.79. The number of benzene rings is 1. The average Bonchev–Trinajstić information content (AvgIpc) is 2.74. The summed E-state index contributed by atoms with van der Waals surface area (Å²) in [7, 11) is 0. The highest BCUT2D eigenvalue weighted by Crippen LogP contribution is 2.23. The molecule has 0 bridgehead atoms. The number of hydrogen-bond acceptors (Lipinski definition) is 7. The maximum atomic E-state index is 12.4. The molecule has 0 aliphatic carbocycles. The number of carbonyl (C=O) groups is 3. The zero-order valence-electron chi connectivity index (χ0n) is 17.0. The van der Waals surface area contributed by atoms with Crippen molar-refractivity contribution in [2.75, 3.05) is 32.8 Å². The molecule has 1 aliphatic rings. The molecular formula is C19H27N5O6. The fourth-order valence-electron chi connectivity index (χ4n) is 3.15. The minimum Gasteiger partial charge on any atom is -0.493 e. The van der Waals surface area contributed by atoms with Crippen molar-refractivity contribution in [1.29, 1.82) is 0 Å². The SMILES string of the molecule is Cc1cc([N+](=O)[O-])ccc1OCCC(=O)N1CCN(C(=O)CCCC(=O)NN)CC1. The Hall–Kier alpha value is -3.21. The molecule has 0 unspecified atom stereocenters. The lowest BCUT2D eigenvalue weighted by atomic mass is 10.2. The van der Waals surface area contributed by atoms with Crippen LogP contribution in [0, 0.1) is 17.0 Å². The van der Waals surface area contributed by atoms with E-state index in [1.165, 1.54) is 18.2 Å². The van der Waals surface area contributed by atoms with Crippen molar-refractivity contribution in [1.82, 2.24) is 15.2 Å². The maximum Gasteiger partial charge on any atom is 0.269 e. The van der Waals surface area contributed by atoms with Crippen LogP contribution >= 0.6 is 0 Å². The summed E-state index contributed by atoms with van der Waals surface area (Å²) in [5, 5.41) is 10.8. The molecule has 1 aromatic carbocycles. The first-order chi connectivity index (χ1) is 14.3. The van der Waals surface area contributed by atoms with Gasteiger partial charge in [0.2, 0.25) is 17.7 Å². The number of hydrazine groups is 1. The number of carbonyl (C=O) groups excluding carboxylic acids is 3. The van der Waals surface area contributed by atoms with Gasteiger partial charge in [0, 0.05) is 51.2 Å². The summed E-state index contributed by atoms with van der Waals surface area (Å²) < 4.78 is 5.59. The lowest BCUT2D eigenvalue weighted by Crippen LogP contribution is -2.50. The topological polar surface area (TPSA) is 148 Å². The second-order valence-electron chi connectivity index (χ2n) is 6.99. The Morgan fingerprint density at radius 2 is 1.70 bits per heavy atom. The zero-order valence-corrected chi connectivity index (χ0v) is 17.0. The fourth-order valence-corrected chi connectivity index (χ4v) is 3.15. The molecule has 1 aromatic rings. The third-order valence-electron chi connectivity index (χ3n) is 4.88. The minimum atomic E-state index is -0.471. The summed E-state index contributed by atoms with van der Waals surface area (Å²) in [5.41, 5.74) is 2.65. The number of nitrogens with zero attached hydrogens (tertiary/aromatic N) is 3. The highest BCUT2D eigenvalue weighted by Gasteiger charge is 2.24. The Balaban J connectivity index is 1.70. The number of amides is 3. The molecule has 30 heavy (non-hydrogen) atoms. The normalized spacial score (nSPS) is 13.7. The van der Waals surface area contributed by atoms with Crippen LogP contribution in [0.4, 0.5) is 5.69 Å². The van der Waals surface area contributed by atoms with Gasteiger partial charge in [-0.15, -0.1) is 0 Å². The number of nitrogens with one attached hydrogen (secondary N) is 1. The lowest BCUT2D eigenvalue weighted by molar-refractivity contribution is -0.384. The molecule has 0 atom stereocenters. The van der Waals surface area contributed by atoms with Gasteiger partial charge in [-0.1, -0.05) is 0 Å². The van der Waals surface area contributed by atoms with Crippen molar-refractivity contribution in [3.8, 4) is 5.75 Å². The molecule has 1 heterocycles. The van der Waals surface area contributed by atoms with E-state index in [0.29, 0.717) is 43.9 Å². The van der Waals surface area contributed by atoms with Gasteiger partial charge in [0.15, 0.2) is 0 Å². The Morgan fingerprint density at radius 1 is 1.10 bits per heavy atom. The predicted octanol–water partition coefficient (Wildman–Crippen LogP) is 0.503. The number of nitro groups is 1. The van der Waals surface area contributed by atoms with Gasteiger partial charge in [-0.2, -0.15) is 0 Å². The predicted molar refractivity (Wildman–Crippen MR) is 107 cm³/mol. The van der Waals surface area contributed by atoms with Crippen LogP contribution in [-0.4, -0.2) is 65.2 Å². The molecule has 11 nitrogen and oxygen atoms in total. The molecule has 0 radical (unpaired) electrons. The Kier molecular flexibility index (Phi) is 8.54. The molecular weight excluding hydrogens is 394 g/mol.